The number of ether oxygens (including phenoxy) is 1. The molecule has 1 aromatic heterocycles. The number of aryl methyl sites for hydroxylation is 1. The minimum Gasteiger partial charge on any atom is -0.491 e. The van der Waals surface area contributed by atoms with Gasteiger partial charge in [0.25, 0.3) is 0 Å². The lowest BCUT2D eigenvalue weighted by Gasteiger charge is -2.35. The molecular formula is C18H24N4O3. The van der Waals surface area contributed by atoms with E-state index >= 15 is 0 Å². The van der Waals surface area contributed by atoms with Gasteiger partial charge in [-0.25, -0.2) is 0 Å². The van der Waals surface area contributed by atoms with Gasteiger partial charge in [-0.05, 0) is 45.0 Å². The van der Waals surface area contributed by atoms with Crippen LogP contribution in [0.25, 0.3) is 0 Å². The summed E-state index contributed by atoms with van der Waals surface area (Å²) in [6, 6.07) is 8.85. The highest BCUT2D eigenvalue weighted by molar-refractivity contribution is 5.34. The second kappa shape index (κ2) is 8.10. The lowest BCUT2D eigenvalue weighted by atomic mass is 10.1. The van der Waals surface area contributed by atoms with Gasteiger partial charge in [0.05, 0.1) is 18.2 Å². The van der Waals surface area contributed by atoms with Crippen LogP contribution in [0.5, 0.6) is 5.75 Å². The first-order valence-electron chi connectivity index (χ1n) is 8.13. The van der Waals surface area contributed by atoms with Gasteiger partial charge in [-0.2, -0.15) is 5.26 Å². The molecule has 2 aromatic rings. The van der Waals surface area contributed by atoms with Crippen LogP contribution in [0.2, 0.25) is 0 Å². The molecule has 0 bridgehead atoms. The van der Waals surface area contributed by atoms with Crippen molar-refractivity contribution in [3.63, 3.8) is 0 Å². The lowest BCUT2D eigenvalue weighted by molar-refractivity contribution is 0.0240. The number of hydrogen-bond donors (Lipinski definition) is 1. The molecule has 0 aliphatic carbocycles. The summed E-state index contributed by atoms with van der Waals surface area (Å²) in [5.74, 6) is 1.66. The fourth-order valence-corrected chi connectivity index (χ4v) is 2.27. The maximum atomic E-state index is 10.3. The van der Waals surface area contributed by atoms with Crippen molar-refractivity contribution < 1.29 is 14.3 Å². The van der Waals surface area contributed by atoms with E-state index in [4.69, 9.17) is 14.4 Å². The third-order valence-corrected chi connectivity index (χ3v) is 3.70. The van der Waals surface area contributed by atoms with Gasteiger partial charge in [0, 0.05) is 19.0 Å². The van der Waals surface area contributed by atoms with Crippen molar-refractivity contribution in [1.82, 2.24) is 15.1 Å². The number of nitriles is 1. The Morgan fingerprint density at radius 3 is 2.48 bits per heavy atom. The number of nitrogens with zero attached hydrogens (tertiary/aromatic N) is 4. The Hall–Kier alpha value is -2.43. The van der Waals surface area contributed by atoms with Crippen LogP contribution in [0, 0.1) is 18.3 Å². The van der Waals surface area contributed by atoms with Crippen LogP contribution in [0.1, 0.15) is 38.1 Å². The van der Waals surface area contributed by atoms with Gasteiger partial charge < -0.3 is 14.3 Å². The van der Waals surface area contributed by atoms with E-state index in [0.29, 0.717) is 36.2 Å². The molecular weight excluding hydrogens is 320 g/mol. The molecule has 1 heterocycles. The fraction of sp³-hybridized carbons (Fsp3) is 0.500. The highest BCUT2D eigenvalue weighted by Crippen LogP contribution is 2.18. The smallest absolute Gasteiger partial charge is 0.230 e. The predicted molar refractivity (Wildman–Crippen MR) is 91.9 cm³/mol. The minimum atomic E-state index is -0.682. The Morgan fingerprint density at radius 2 is 1.96 bits per heavy atom. The van der Waals surface area contributed by atoms with E-state index in [-0.39, 0.29) is 12.1 Å². The van der Waals surface area contributed by atoms with Crippen LogP contribution in [0.15, 0.2) is 28.7 Å². The van der Waals surface area contributed by atoms with Crippen LogP contribution in [0.4, 0.5) is 0 Å². The largest absolute Gasteiger partial charge is 0.491 e. The summed E-state index contributed by atoms with van der Waals surface area (Å²) < 4.78 is 11.0. The van der Waals surface area contributed by atoms with Crippen LogP contribution >= 0.6 is 0 Å². The average Bonchev–Trinajstić information content (AvgIpc) is 2.97. The first kappa shape index (κ1) is 18.9. The number of aliphatic hydroxyl groups excluding tert-OH is 1. The molecule has 1 atom stereocenters. The van der Waals surface area contributed by atoms with Gasteiger partial charge in [0.2, 0.25) is 11.8 Å². The van der Waals surface area contributed by atoms with E-state index in [2.05, 4.69) is 41.9 Å². The van der Waals surface area contributed by atoms with Crippen LogP contribution < -0.4 is 4.74 Å². The molecule has 0 radical (unpaired) electrons. The standard InChI is InChI=1S/C18H24N4O3/c1-13-20-21-17(25-13)11-22(18(2,3)4)10-15(23)12-24-16-7-5-14(9-19)6-8-16/h5-8,15,23H,10-12H2,1-4H3. The summed E-state index contributed by atoms with van der Waals surface area (Å²) >= 11 is 0. The van der Waals surface area contributed by atoms with Gasteiger partial charge in [0.15, 0.2) is 0 Å². The molecule has 0 fully saturated rings. The summed E-state index contributed by atoms with van der Waals surface area (Å²) in [6.07, 6.45) is -0.682. The first-order chi connectivity index (χ1) is 11.8. The Balaban J connectivity index is 1.92. The van der Waals surface area contributed by atoms with Gasteiger partial charge in [-0.3, -0.25) is 4.90 Å². The zero-order valence-electron chi connectivity index (χ0n) is 15.1. The maximum absolute atomic E-state index is 10.3. The van der Waals surface area contributed by atoms with E-state index in [0.717, 1.165) is 0 Å². The van der Waals surface area contributed by atoms with Gasteiger partial charge in [0.1, 0.15) is 18.5 Å². The molecule has 0 aliphatic rings. The summed E-state index contributed by atoms with van der Waals surface area (Å²) in [5.41, 5.74) is 0.388. The summed E-state index contributed by atoms with van der Waals surface area (Å²) in [4.78, 5) is 2.06. The van der Waals surface area contributed by atoms with Crippen LogP contribution in [-0.4, -0.2) is 45.0 Å². The summed E-state index contributed by atoms with van der Waals surface area (Å²) in [6.45, 7) is 8.94. The third kappa shape index (κ3) is 5.85. The van der Waals surface area contributed by atoms with E-state index in [1.54, 1.807) is 31.2 Å². The van der Waals surface area contributed by atoms with Gasteiger partial charge >= 0.3 is 0 Å². The first-order valence-corrected chi connectivity index (χ1v) is 8.13. The molecule has 0 amide bonds. The highest BCUT2D eigenvalue weighted by Gasteiger charge is 2.26. The molecule has 134 valence electrons. The predicted octanol–water partition coefficient (Wildman–Crippen LogP) is 2.29. The van der Waals surface area contributed by atoms with Crippen molar-refractivity contribution in [2.45, 2.75) is 45.9 Å². The van der Waals surface area contributed by atoms with Crippen molar-refractivity contribution in [3.8, 4) is 11.8 Å². The number of hydrogen-bond acceptors (Lipinski definition) is 7. The zero-order chi connectivity index (χ0) is 18.4. The van der Waals surface area contributed by atoms with Crippen molar-refractivity contribution in [1.29, 1.82) is 5.26 Å². The SMILES string of the molecule is Cc1nnc(CN(CC(O)COc2ccc(C#N)cc2)C(C)(C)C)o1. The maximum Gasteiger partial charge on any atom is 0.230 e. The van der Waals surface area contributed by atoms with Crippen LogP contribution in [-0.2, 0) is 6.54 Å². The molecule has 25 heavy (non-hydrogen) atoms. The molecule has 0 saturated carbocycles. The Kier molecular flexibility index (Phi) is 6.12. The van der Waals surface area contributed by atoms with Crippen molar-refractivity contribution in [2.75, 3.05) is 13.2 Å². The van der Waals surface area contributed by atoms with Crippen molar-refractivity contribution >= 4 is 0 Å². The number of β-amino-alcohol motifs (C(OH)–C–C–N with tert-alkyl or cyclic N) is 1. The molecule has 1 unspecified atom stereocenters. The molecule has 2 rings (SSSR count). The Morgan fingerprint density at radius 1 is 1.28 bits per heavy atom. The second-order valence-corrected chi connectivity index (χ2v) is 6.87. The fourth-order valence-electron chi connectivity index (χ4n) is 2.27. The number of aromatic nitrogens is 2. The van der Waals surface area contributed by atoms with Gasteiger partial charge in [-0.1, -0.05) is 0 Å². The average molecular weight is 344 g/mol. The minimum absolute atomic E-state index is 0.154. The Labute approximate surface area is 147 Å². The summed E-state index contributed by atoms with van der Waals surface area (Å²) in [7, 11) is 0. The van der Waals surface area contributed by atoms with Crippen molar-refractivity contribution in [3.05, 3.63) is 41.6 Å². The van der Waals surface area contributed by atoms with Crippen molar-refractivity contribution in [2.24, 2.45) is 0 Å². The highest BCUT2D eigenvalue weighted by atomic mass is 16.5. The molecule has 0 aliphatic heterocycles. The van der Waals surface area contributed by atoms with E-state index in [1.807, 2.05) is 0 Å². The summed E-state index contributed by atoms with van der Waals surface area (Å²) in [5, 5.41) is 27.0. The van der Waals surface area contributed by atoms with Crippen LogP contribution in [0.3, 0.4) is 0 Å². The number of rotatable bonds is 7. The molecule has 1 N–H and O–H groups in total. The molecule has 7 nitrogen and oxygen atoms in total. The van der Waals surface area contributed by atoms with E-state index < -0.39 is 6.10 Å². The molecule has 7 heteroatoms. The normalized spacial score (nSPS) is 12.8. The third-order valence-electron chi connectivity index (χ3n) is 3.70. The zero-order valence-corrected chi connectivity index (χ0v) is 15.1. The number of aliphatic hydroxyl groups is 1. The molecule has 1 aromatic carbocycles. The molecule has 0 spiro atoms. The second-order valence-electron chi connectivity index (χ2n) is 6.87. The topological polar surface area (TPSA) is 95.4 Å². The monoisotopic (exact) mass is 344 g/mol. The van der Waals surface area contributed by atoms with E-state index in [1.165, 1.54) is 0 Å². The van der Waals surface area contributed by atoms with Gasteiger partial charge in [-0.15, -0.1) is 10.2 Å². The van der Waals surface area contributed by atoms with E-state index in [9.17, 15) is 5.11 Å². The lowest BCUT2D eigenvalue weighted by Crippen LogP contribution is -2.46. The Bertz CT molecular complexity index is 713. The number of benzene rings is 1. The quantitative estimate of drug-likeness (QED) is 0.823. The molecule has 0 saturated heterocycles.